The van der Waals surface area contributed by atoms with Crippen molar-refractivity contribution in [3.05, 3.63) is 65.5 Å². The number of nitrogens with zero attached hydrogens (tertiary/aromatic N) is 1. The number of ketones is 1. The quantitative estimate of drug-likeness (QED) is 0.669. The number of hydrogen-bond acceptors (Lipinski definition) is 3. The average Bonchev–Trinajstić information content (AvgIpc) is 2.88. The molecule has 3 aromatic rings. The van der Waals surface area contributed by atoms with Crippen LogP contribution in [0.1, 0.15) is 35.2 Å². The molecular weight excluding hydrogens is 250 g/mol. The van der Waals surface area contributed by atoms with E-state index < -0.39 is 0 Å². The first kappa shape index (κ1) is 12.6. The standard InChI is InChI=1S/C17H15NO2/c1-2-15(19)13-8-9-16-14(11-13)18-17(20-16)10-12-6-4-3-5-7-12/h3-9,11H,2,10H2,1H3. The maximum absolute atomic E-state index is 11.7. The van der Waals surface area contributed by atoms with Crippen LogP contribution in [0, 0.1) is 0 Å². The molecule has 0 saturated heterocycles. The lowest BCUT2D eigenvalue weighted by Crippen LogP contribution is -1.95. The van der Waals surface area contributed by atoms with E-state index in [-0.39, 0.29) is 5.78 Å². The number of carbonyl (C=O) groups is 1. The van der Waals surface area contributed by atoms with E-state index in [2.05, 4.69) is 4.98 Å². The third-order valence-electron chi connectivity index (χ3n) is 3.27. The summed E-state index contributed by atoms with van der Waals surface area (Å²) in [5.41, 5.74) is 3.32. The molecule has 100 valence electrons. The summed E-state index contributed by atoms with van der Waals surface area (Å²) in [6.45, 7) is 1.86. The van der Waals surface area contributed by atoms with E-state index in [0.29, 0.717) is 24.3 Å². The van der Waals surface area contributed by atoms with Gasteiger partial charge in [0.15, 0.2) is 17.3 Å². The minimum Gasteiger partial charge on any atom is -0.440 e. The molecule has 1 heterocycles. The van der Waals surface area contributed by atoms with E-state index in [1.165, 1.54) is 0 Å². The lowest BCUT2D eigenvalue weighted by atomic mass is 10.1. The summed E-state index contributed by atoms with van der Waals surface area (Å²) in [5, 5.41) is 0. The summed E-state index contributed by atoms with van der Waals surface area (Å²) in [6, 6.07) is 15.5. The van der Waals surface area contributed by atoms with Crippen LogP contribution >= 0.6 is 0 Å². The number of Topliss-reactive ketones (excluding diaryl/α,β-unsaturated/α-hetero) is 1. The topological polar surface area (TPSA) is 43.1 Å². The van der Waals surface area contributed by atoms with Crippen LogP contribution < -0.4 is 0 Å². The first-order valence-electron chi connectivity index (χ1n) is 6.73. The fourth-order valence-electron chi connectivity index (χ4n) is 2.20. The van der Waals surface area contributed by atoms with Crippen molar-refractivity contribution in [2.75, 3.05) is 0 Å². The summed E-state index contributed by atoms with van der Waals surface area (Å²) in [7, 11) is 0. The second-order valence-corrected chi connectivity index (χ2v) is 4.73. The van der Waals surface area contributed by atoms with Gasteiger partial charge in [-0.1, -0.05) is 37.3 Å². The molecule has 20 heavy (non-hydrogen) atoms. The predicted octanol–water partition coefficient (Wildman–Crippen LogP) is 4.01. The Morgan fingerprint density at radius 3 is 2.70 bits per heavy atom. The molecule has 0 aliphatic rings. The number of benzene rings is 2. The first-order chi connectivity index (χ1) is 9.76. The molecule has 0 bridgehead atoms. The smallest absolute Gasteiger partial charge is 0.199 e. The van der Waals surface area contributed by atoms with Gasteiger partial charge in [0.2, 0.25) is 0 Å². The molecule has 3 nitrogen and oxygen atoms in total. The van der Waals surface area contributed by atoms with Gasteiger partial charge in [0, 0.05) is 18.4 Å². The van der Waals surface area contributed by atoms with Crippen molar-refractivity contribution in [1.29, 1.82) is 0 Å². The summed E-state index contributed by atoms with van der Waals surface area (Å²) in [6.07, 6.45) is 1.16. The highest BCUT2D eigenvalue weighted by Gasteiger charge is 2.10. The number of oxazole rings is 1. The van der Waals surface area contributed by atoms with Gasteiger partial charge in [-0.15, -0.1) is 0 Å². The van der Waals surface area contributed by atoms with Gasteiger partial charge < -0.3 is 4.42 Å². The molecule has 1 aromatic heterocycles. The Morgan fingerprint density at radius 1 is 1.15 bits per heavy atom. The maximum Gasteiger partial charge on any atom is 0.199 e. The van der Waals surface area contributed by atoms with Crippen LogP contribution in [0.15, 0.2) is 52.9 Å². The van der Waals surface area contributed by atoms with Crippen LogP contribution in [0.25, 0.3) is 11.1 Å². The Kier molecular flexibility index (Phi) is 3.33. The highest BCUT2D eigenvalue weighted by molar-refractivity contribution is 5.98. The second kappa shape index (κ2) is 5.29. The Balaban J connectivity index is 1.92. The molecular formula is C17H15NO2. The van der Waals surface area contributed by atoms with Crippen molar-refractivity contribution in [3.8, 4) is 0 Å². The monoisotopic (exact) mass is 265 g/mol. The highest BCUT2D eigenvalue weighted by Crippen LogP contribution is 2.20. The Hall–Kier alpha value is -2.42. The van der Waals surface area contributed by atoms with E-state index in [0.717, 1.165) is 16.7 Å². The second-order valence-electron chi connectivity index (χ2n) is 4.73. The molecule has 0 amide bonds. The van der Waals surface area contributed by atoms with Crippen LogP contribution in [0.5, 0.6) is 0 Å². The van der Waals surface area contributed by atoms with Crippen LogP contribution in [-0.4, -0.2) is 10.8 Å². The zero-order valence-electron chi connectivity index (χ0n) is 11.3. The molecule has 0 spiro atoms. The molecule has 0 aliphatic carbocycles. The van der Waals surface area contributed by atoms with Crippen molar-refractivity contribution in [2.24, 2.45) is 0 Å². The summed E-state index contributed by atoms with van der Waals surface area (Å²) < 4.78 is 5.72. The van der Waals surface area contributed by atoms with Crippen LogP contribution in [0.3, 0.4) is 0 Å². The van der Waals surface area contributed by atoms with Crippen molar-refractivity contribution < 1.29 is 9.21 Å². The van der Waals surface area contributed by atoms with Crippen molar-refractivity contribution in [3.63, 3.8) is 0 Å². The Labute approximate surface area is 117 Å². The minimum absolute atomic E-state index is 0.125. The number of fused-ring (bicyclic) bond motifs is 1. The van der Waals surface area contributed by atoms with E-state index in [1.54, 1.807) is 12.1 Å². The summed E-state index contributed by atoms with van der Waals surface area (Å²) in [5.74, 6) is 0.798. The normalized spacial score (nSPS) is 10.8. The number of aromatic nitrogens is 1. The van der Waals surface area contributed by atoms with Crippen LogP contribution in [-0.2, 0) is 6.42 Å². The van der Waals surface area contributed by atoms with Crippen molar-refractivity contribution in [2.45, 2.75) is 19.8 Å². The van der Waals surface area contributed by atoms with Gasteiger partial charge in [-0.25, -0.2) is 4.98 Å². The Bertz CT molecular complexity index is 744. The zero-order chi connectivity index (χ0) is 13.9. The largest absolute Gasteiger partial charge is 0.440 e. The molecule has 0 saturated carbocycles. The van der Waals surface area contributed by atoms with Crippen molar-refractivity contribution in [1.82, 2.24) is 4.98 Å². The van der Waals surface area contributed by atoms with Gasteiger partial charge in [-0.2, -0.15) is 0 Å². The molecule has 3 heteroatoms. The van der Waals surface area contributed by atoms with Gasteiger partial charge in [-0.3, -0.25) is 4.79 Å². The Morgan fingerprint density at radius 2 is 1.95 bits per heavy atom. The molecule has 0 N–H and O–H groups in total. The van der Waals surface area contributed by atoms with Gasteiger partial charge in [0.25, 0.3) is 0 Å². The SMILES string of the molecule is CCC(=O)c1ccc2oc(Cc3ccccc3)nc2c1. The van der Waals surface area contributed by atoms with Crippen LogP contribution in [0.4, 0.5) is 0 Å². The predicted molar refractivity (Wildman–Crippen MR) is 77.9 cm³/mol. The van der Waals surface area contributed by atoms with Crippen LogP contribution in [0.2, 0.25) is 0 Å². The average molecular weight is 265 g/mol. The molecule has 2 aromatic carbocycles. The fraction of sp³-hybridized carbons (Fsp3) is 0.176. The lowest BCUT2D eigenvalue weighted by Gasteiger charge is -1.95. The number of rotatable bonds is 4. The van der Waals surface area contributed by atoms with E-state index in [1.807, 2.05) is 43.3 Å². The lowest BCUT2D eigenvalue weighted by molar-refractivity contribution is 0.0988. The third-order valence-corrected chi connectivity index (χ3v) is 3.27. The zero-order valence-corrected chi connectivity index (χ0v) is 11.3. The van der Waals surface area contributed by atoms with E-state index in [4.69, 9.17) is 4.42 Å². The van der Waals surface area contributed by atoms with E-state index >= 15 is 0 Å². The van der Waals surface area contributed by atoms with Gasteiger partial charge in [-0.05, 0) is 23.8 Å². The van der Waals surface area contributed by atoms with Gasteiger partial charge in [0.05, 0.1) is 0 Å². The summed E-state index contributed by atoms with van der Waals surface area (Å²) in [4.78, 5) is 16.2. The van der Waals surface area contributed by atoms with Gasteiger partial charge in [0.1, 0.15) is 5.52 Å². The highest BCUT2D eigenvalue weighted by atomic mass is 16.3. The third kappa shape index (κ3) is 2.48. The maximum atomic E-state index is 11.7. The van der Waals surface area contributed by atoms with E-state index in [9.17, 15) is 4.79 Å². The summed E-state index contributed by atoms with van der Waals surface area (Å²) >= 11 is 0. The molecule has 0 atom stereocenters. The first-order valence-corrected chi connectivity index (χ1v) is 6.73. The molecule has 3 rings (SSSR count). The molecule has 0 aliphatic heterocycles. The molecule has 0 unspecified atom stereocenters. The van der Waals surface area contributed by atoms with Crippen molar-refractivity contribution >= 4 is 16.9 Å². The number of carbonyl (C=O) groups excluding carboxylic acids is 1. The molecule has 0 fully saturated rings. The van der Waals surface area contributed by atoms with Gasteiger partial charge >= 0.3 is 0 Å². The molecule has 0 radical (unpaired) electrons. The fourth-order valence-corrected chi connectivity index (χ4v) is 2.20. The number of hydrogen-bond donors (Lipinski definition) is 0. The minimum atomic E-state index is 0.125.